The van der Waals surface area contributed by atoms with E-state index in [-0.39, 0.29) is 6.61 Å². The fraction of sp³-hybridized carbons (Fsp3) is 0.300. The number of esters is 1. The number of nitrogens with zero attached hydrogens (tertiary/aromatic N) is 3. The molecule has 41 heavy (non-hydrogen) atoms. The quantitative estimate of drug-likeness (QED) is 0.247. The van der Waals surface area contributed by atoms with Gasteiger partial charge in [0, 0.05) is 44.9 Å². The molecule has 1 aliphatic carbocycles. The third-order valence-electron chi connectivity index (χ3n) is 7.36. The van der Waals surface area contributed by atoms with Crippen LogP contribution in [0, 0.1) is 6.92 Å². The summed E-state index contributed by atoms with van der Waals surface area (Å²) in [5.41, 5.74) is 5.41. The van der Waals surface area contributed by atoms with Gasteiger partial charge in [-0.3, -0.25) is 4.98 Å². The van der Waals surface area contributed by atoms with Gasteiger partial charge in [-0.25, -0.2) is 14.6 Å². The van der Waals surface area contributed by atoms with E-state index in [1.165, 1.54) is 31.0 Å². The van der Waals surface area contributed by atoms with Gasteiger partial charge in [-0.05, 0) is 44.5 Å². The van der Waals surface area contributed by atoms with Crippen molar-refractivity contribution in [3.05, 3.63) is 75.4 Å². The predicted molar refractivity (Wildman–Crippen MR) is 156 cm³/mol. The molecule has 0 amide bonds. The molecule has 0 fully saturated rings. The van der Waals surface area contributed by atoms with Crippen molar-refractivity contribution in [3.63, 3.8) is 0 Å². The predicted octanol–water partition coefficient (Wildman–Crippen LogP) is 6.19. The van der Waals surface area contributed by atoms with Crippen molar-refractivity contribution in [2.24, 2.45) is 4.99 Å². The molecule has 1 aromatic carbocycles. The summed E-state index contributed by atoms with van der Waals surface area (Å²) >= 11 is 7.83. The Bertz CT molecular complexity index is 1710. The smallest absolute Gasteiger partial charge is 0.340 e. The van der Waals surface area contributed by atoms with E-state index in [1.54, 1.807) is 11.4 Å². The van der Waals surface area contributed by atoms with Crippen LogP contribution in [0.1, 0.15) is 42.2 Å². The number of fused-ring (bicyclic) bond motifs is 1. The highest BCUT2D eigenvalue weighted by Crippen LogP contribution is 2.44. The van der Waals surface area contributed by atoms with Gasteiger partial charge in [0.1, 0.15) is 36.4 Å². The number of rotatable bonds is 6. The first-order valence-corrected chi connectivity index (χ1v) is 14.3. The molecular weight excluding hydrogens is 566 g/mol. The number of hydrogen-bond donors (Lipinski definition) is 0. The number of ether oxygens (including phenoxy) is 4. The Morgan fingerprint density at radius 1 is 1.22 bits per heavy atom. The minimum atomic E-state index is -0.800. The molecule has 0 N–H and O–H groups in total. The molecule has 2 aliphatic heterocycles. The van der Waals surface area contributed by atoms with Crippen LogP contribution < -0.4 is 4.74 Å². The Hall–Kier alpha value is -4.11. The molecule has 0 atom stereocenters. The number of hydrogen-bond acceptors (Lipinski definition) is 10. The van der Waals surface area contributed by atoms with Crippen molar-refractivity contribution >= 4 is 50.9 Å². The number of halogens is 1. The lowest BCUT2D eigenvalue weighted by Crippen LogP contribution is -2.41. The molecular formula is C30H26ClN3O6S. The highest BCUT2D eigenvalue weighted by Gasteiger charge is 2.44. The van der Waals surface area contributed by atoms with Crippen LogP contribution in [-0.4, -0.2) is 53.7 Å². The Balaban J connectivity index is 1.26. The maximum Gasteiger partial charge on any atom is 0.340 e. The second-order valence-electron chi connectivity index (χ2n) is 9.90. The zero-order valence-electron chi connectivity index (χ0n) is 22.7. The fourth-order valence-electron chi connectivity index (χ4n) is 5.44. The van der Waals surface area contributed by atoms with Gasteiger partial charge in [-0.1, -0.05) is 11.6 Å². The number of methoxy groups -OCH3 is 1. The standard InChI is InChI=1S/C30H26ClN3O6S/c1-17-12-21(28-27(32-17)23(16-41-28)29(36)37-3)20-13-19(31)4-5-26(20)38-9-8-34-18(2)33-24-6-7-30(39-10-11-40-30)14-22(24)25(34)15-35/h4-5,10-13,16H,6-9,14H2,1-3H3. The van der Waals surface area contributed by atoms with Crippen molar-refractivity contribution < 1.29 is 28.5 Å². The Labute approximate surface area is 245 Å². The molecule has 3 aliphatic rings. The number of aliphatic imine (C=N–C) groups is 1. The lowest BCUT2D eigenvalue weighted by atomic mass is 9.88. The van der Waals surface area contributed by atoms with Crippen LogP contribution >= 0.6 is 22.9 Å². The largest absolute Gasteiger partial charge is 0.491 e. The summed E-state index contributed by atoms with van der Waals surface area (Å²) in [6.45, 7) is 4.35. The van der Waals surface area contributed by atoms with Gasteiger partial charge in [0.05, 0.1) is 35.9 Å². The molecule has 0 unspecified atom stereocenters. The van der Waals surface area contributed by atoms with Gasteiger partial charge >= 0.3 is 5.97 Å². The number of carbonyl (C=O) groups is 1. The van der Waals surface area contributed by atoms with Crippen molar-refractivity contribution in [3.8, 4) is 16.9 Å². The number of aromatic nitrogens is 1. The number of amidine groups is 1. The summed E-state index contributed by atoms with van der Waals surface area (Å²) in [6, 6.07) is 7.36. The molecule has 2 aromatic heterocycles. The van der Waals surface area contributed by atoms with Crippen LogP contribution in [0.5, 0.6) is 5.75 Å². The van der Waals surface area contributed by atoms with E-state index < -0.39 is 11.8 Å². The SMILES string of the molecule is COC(=O)c1csc2c(-c3cc(Cl)ccc3OCCN3C(=C=O)C4=C(CCC5(C4)OC=CO5)N=C3C)cc(C)nc12. The summed E-state index contributed by atoms with van der Waals surface area (Å²) < 4.78 is 23.5. The Kier molecular flexibility index (Phi) is 7.07. The third-order valence-corrected chi connectivity index (χ3v) is 8.60. The number of thiophene rings is 1. The highest BCUT2D eigenvalue weighted by molar-refractivity contribution is 7.18. The number of allylic oxidation sites excluding steroid dienone is 2. The zero-order chi connectivity index (χ0) is 28.7. The van der Waals surface area contributed by atoms with Crippen LogP contribution in [0.3, 0.4) is 0 Å². The van der Waals surface area contributed by atoms with Crippen molar-refractivity contribution in [1.82, 2.24) is 9.88 Å². The van der Waals surface area contributed by atoms with E-state index in [0.717, 1.165) is 32.8 Å². The molecule has 0 bridgehead atoms. The van der Waals surface area contributed by atoms with Gasteiger partial charge in [0.25, 0.3) is 5.79 Å². The van der Waals surface area contributed by atoms with E-state index in [9.17, 15) is 9.59 Å². The molecule has 9 nitrogen and oxygen atoms in total. The van der Waals surface area contributed by atoms with Gasteiger partial charge in [0.2, 0.25) is 0 Å². The molecule has 11 heteroatoms. The van der Waals surface area contributed by atoms with E-state index in [1.807, 2.05) is 36.9 Å². The van der Waals surface area contributed by atoms with E-state index in [0.29, 0.717) is 59.2 Å². The minimum absolute atomic E-state index is 0.250. The van der Waals surface area contributed by atoms with Crippen molar-refractivity contribution in [1.29, 1.82) is 0 Å². The van der Waals surface area contributed by atoms with Crippen LogP contribution in [0.15, 0.2) is 64.1 Å². The van der Waals surface area contributed by atoms with Crippen LogP contribution in [0.25, 0.3) is 21.3 Å². The van der Waals surface area contributed by atoms with Gasteiger partial charge in [0.15, 0.2) is 5.94 Å². The molecule has 3 aromatic rings. The summed E-state index contributed by atoms with van der Waals surface area (Å²) in [7, 11) is 1.35. The maximum absolute atomic E-state index is 12.3. The van der Waals surface area contributed by atoms with Gasteiger partial charge < -0.3 is 23.8 Å². The van der Waals surface area contributed by atoms with E-state index in [4.69, 9.17) is 35.5 Å². The average Bonchev–Trinajstić information content (AvgIpc) is 3.60. The lowest BCUT2D eigenvalue weighted by molar-refractivity contribution is -0.148. The molecule has 0 radical (unpaired) electrons. The lowest BCUT2D eigenvalue weighted by Gasteiger charge is -2.38. The number of benzene rings is 1. The Morgan fingerprint density at radius 2 is 2.02 bits per heavy atom. The normalized spacial score (nSPS) is 17.2. The topological polar surface area (TPSA) is 99.6 Å². The molecule has 4 heterocycles. The van der Waals surface area contributed by atoms with Crippen LogP contribution in [0.4, 0.5) is 0 Å². The number of pyridine rings is 1. The maximum atomic E-state index is 12.3. The molecule has 210 valence electrons. The third kappa shape index (κ3) is 4.88. The first-order chi connectivity index (χ1) is 19.8. The van der Waals surface area contributed by atoms with E-state index >= 15 is 0 Å². The highest BCUT2D eigenvalue weighted by atomic mass is 35.5. The van der Waals surface area contributed by atoms with E-state index in [2.05, 4.69) is 10.9 Å². The molecule has 1 spiro atoms. The van der Waals surface area contributed by atoms with Crippen molar-refractivity contribution in [2.75, 3.05) is 20.3 Å². The second-order valence-corrected chi connectivity index (χ2v) is 11.2. The zero-order valence-corrected chi connectivity index (χ0v) is 24.2. The fourth-order valence-corrected chi connectivity index (χ4v) is 6.62. The first-order valence-electron chi connectivity index (χ1n) is 13.0. The summed E-state index contributed by atoms with van der Waals surface area (Å²) in [5.74, 6) is 2.20. The monoisotopic (exact) mass is 591 g/mol. The molecule has 0 saturated carbocycles. The second kappa shape index (κ2) is 10.7. The summed E-state index contributed by atoms with van der Waals surface area (Å²) in [6.07, 6.45) is 4.76. The average molecular weight is 592 g/mol. The van der Waals surface area contributed by atoms with Gasteiger partial charge in [-0.15, -0.1) is 11.3 Å². The minimum Gasteiger partial charge on any atom is -0.491 e. The summed E-state index contributed by atoms with van der Waals surface area (Å²) in [4.78, 5) is 35.8. The number of aryl methyl sites for hydroxylation is 1. The molecule has 6 rings (SSSR count). The van der Waals surface area contributed by atoms with Crippen molar-refractivity contribution in [2.45, 2.75) is 38.9 Å². The Morgan fingerprint density at radius 3 is 2.78 bits per heavy atom. The number of carbonyl (C=O) groups excluding carboxylic acids is 2. The summed E-state index contributed by atoms with van der Waals surface area (Å²) in [5, 5.41) is 2.29. The first kappa shape index (κ1) is 27.1. The molecule has 0 saturated heterocycles. The van der Waals surface area contributed by atoms with Crippen LogP contribution in [0.2, 0.25) is 5.02 Å². The van der Waals surface area contributed by atoms with Crippen LogP contribution in [-0.2, 0) is 19.0 Å². The van der Waals surface area contributed by atoms with Gasteiger partial charge in [-0.2, -0.15) is 0 Å².